The number of aromatic nitrogens is 2. The number of furan rings is 1. The highest BCUT2D eigenvalue weighted by Gasteiger charge is 2.32. The monoisotopic (exact) mass is 323 g/mol. The molecule has 2 heterocycles. The molecule has 1 amide bonds. The number of nitrogens with zero attached hydrogens (tertiary/aromatic N) is 2. The van der Waals surface area contributed by atoms with Crippen LogP contribution in [0.1, 0.15) is 52.3 Å². The maximum Gasteiger partial charge on any atom is 0.255 e. The molecular formula is C18H17N3O3. The van der Waals surface area contributed by atoms with Crippen molar-refractivity contribution in [1.29, 1.82) is 0 Å². The molecule has 1 aliphatic rings. The van der Waals surface area contributed by atoms with Crippen LogP contribution in [0.15, 0.2) is 58.0 Å². The molecule has 1 aliphatic carbocycles. The lowest BCUT2D eigenvalue weighted by Gasteiger charge is -2.15. The van der Waals surface area contributed by atoms with E-state index in [1.165, 1.54) is 6.39 Å². The predicted molar refractivity (Wildman–Crippen MR) is 85.3 cm³/mol. The average molecular weight is 323 g/mol. The normalized spacial score (nSPS) is 15.2. The molecule has 0 bridgehead atoms. The first-order valence-electron chi connectivity index (χ1n) is 7.99. The van der Waals surface area contributed by atoms with Crippen LogP contribution < -0.4 is 5.32 Å². The minimum atomic E-state index is -0.361. The smallest absolute Gasteiger partial charge is 0.255 e. The second-order valence-electron chi connectivity index (χ2n) is 5.98. The van der Waals surface area contributed by atoms with Gasteiger partial charge in [-0.3, -0.25) is 4.79 Å². The first-order chi connectivity index (χ1) is 11.8. The Kier molecular flexibility index (Phi) is 3.86. The van der Waals surface area contributed by atoms with Gasteiger partial charge in [0.1, 0.15) is 5.76 Å². The summed E-state index contributed by atoms with van der Waals surface area (Å²) in [5, 5.41) is 6.90. The Morgan fingerprint density at radius 2 is 2.08 bits per heavy atom. The van der Waals surface area contributed by atoms with Gasteiger partial charge in [0.15, 0.2) is 5.82 Å². The average Bonchev–Trinajstić information content (AvgIpc) is 3.12. The van der Waals surface area contributed by atoms with Crippen LogP contribution in [0.5, 0.6) is 0 Å². The molecule has 2 aromatic heterocycles. The van der Waals surface area contributed by atoms with Gasteiger partial charge in [0.25, 0.3) is 5.91 Å². The molecule has 0 aliphatic heterocycles. The van der Waals surface area contributed by atoms with Crippen LogP contribution in [0.2, 0.25) is 0 Å². The lowest BCUT2D eigenvalue weighted by molar-refractivity contribution is 0.0932. The number of hydrogen-bond donors (Lipinski definition) is 1. The highest BCUT2D eigenvalue weighted by molar-refractivity contribution is 5.95. The summed E-state index contributed by atoms with van der Waals surface area (Å²) in [6.07, 6.45) is 5.58. The van der Waals surface area contributed by atoms with Crippen molar-refractivity contribution >= 4 is 5.91 Å². The zero-order valence-electron chi connectivity index (χ0n) is 13.0. The van der Waals surface area contributed by atoms with Crippen molar-refractivity contribution in [3.05, 3.63) is 71.8 Å². The molecule has 3 aromatic rings. The maximum absolute atomic E-state index is 12.7. The summed E-state index contributed by atoms with van der Waals surface area (Å²) in [5.41, 5.74) is 1.68. The van der Waals surface area contributed by atoms with E-state index in [-0.39, 0.29) is 11.9 Å². The van der Waals surface area contributed by atoms with E-state index in [0.717, 1.165) is 24.2 Å². The molecule has 6 nitrogen and oxygen atoms in total. The minimum Gasteiger partial charge on any atom is -0.468 e. The van der Waals surface area contributed by atoms with Gasteiger partial charge in [-0.25, -0.2) is 0 Å². The zero-order chi connectivity index (χ0) is 16.4. The highest BCUT2D eigenvalue weighted by atomic mass is 16.5. The van der Waals surface area contributed by atoms with E-state index in [9.17, 15) is 4.79 Å². The van der Waals surface area contributed by atoms with Crippen LogP contribution in [0.4, 0.5) is 0 Å². The summed E-state index contributed by atoms with van der Waals surface area (Å²) in [5.74, 6) is 1.44. The lowest BCUT2D eigenvalue weighted by Crippen LogP contribution is -2.31. The van der Waals surface area contributed by atoms with Gasteiger partial charge in [0, 0.05) is 12.3 Å². The second kappa shape index (κ2) is 6.31. The number of benzene rings is 1. The molecule has 4 rings (SSSR count). The molecule has 122 valence electrons. The van der Waals surface area contributed by atoms with Crippen molar-refractivity contribution in [1.82, 2.24) is 15.5 Å². The second-order valence-corrected chi connectivity index (χ2v) is 5.98. The quantitative estimate of drug-likeness (QED) is 0.753. The van der Waals surface area contributed by atoms with E-state index in [1.54, 1.807) is 12.3 Å². The Balaban J connectivity index is 1.55. The van der Waals surface area contributed by atoms with Gasteiger partial charge in [0.05, 0.1) is 17.9 Å². The maximum atomic E-state index is 12.7. The number of rotatable bonds is 6. The predicted octanol–water partition coefficient (Wildman–Crippen LogP) is 3.25. The van der Waals surface area contributed by atoms with E-state index in [1.807, 2.05) is 30.3 Å². The third-order valence-corrected chi connectivity index (χ3v) is 4.17. The number of amides is 1. The Morgan fingerprint density at radius 3 is 2.79 bits per heavy atom. The van der Waals surface area contributed by atoms with Crippen molar-refractivity contribution in [2.45, 2.75) is 31.2 Å². The van der Waals surface area contributed by atoms with E-state index in [2.05, 4.69) is 15.5 Å². The number of nitrogens with one attached hydrogen (secondary N) is 1. The van der Waals surface area contributed by atoms with Gasteiger partial charge >= 0.3 is 0 Å². The first kappa shape index (κ1) is 14.7. The minimum absolute atomic E-state index is 0.170. The van der Waals surface area contributed by atoms with Crippen LogP contribution in [-0.4, -0.2) is 16.0 Å². The molecule has 6 heteroatoms. The third-order valence-electron chi connectivity index (χ3n) is 4.17. The topological polar surface area (TPSA) is 81.2 Å². The van der Waals surface area contributed by atoms with Gasteiger partial charge < -0.3 is 14.3 Å². The summed E-state index contributed by atoms with van der Waals surface area (Å²) in [7, 11) is 0. The molecule has 1 fully saturated rings. The van der Waals surface area contributed by atoms with Crippen LogP contribution in [0, 0.1) is 0 Å². The molecule has 24 heavy (non-hydrogen) atoms. The van der Waals surface area contributed by atoms with Crippen molar-refractivity contribution in [3.8, 4) is 0 Å². The highest BCUT2D eigenvalue weighted by Crippen LogP contribution is 2.42. The fourth-order valence-electron chi connectivity index (χ4n) is 2.80. The summed E-state index contributed by atoms with van der Waals surface area (Å²) in [6, 6.07) is 11.3. The molecule has 1 aromatic carbocycles. The van der Waals surface area contributed by atoms with Gasteiger partial charge in [-0.15, -0.1) is 0 Å². The molecule has 0 unspecified atom stereocenters. The van der Waals surface area contributed by atoms with Gasteiger partial charge in [0.2, 0.25) is 6.39 Å². The fourth-order valence-corrected chi connectivity index (χ4v) is 2.80. The van der Waals surface area contributed by atoms with Crippen LogP contribution in [0.25, 0.3) is 0 Å². The molecule has 1 atom stereocenters. The summed E-state index contributed by atoms with van der Waals surface area (Å²) in [4.78, 5) is 16.8. The molecule has 0 radical (unpaired) electrons. The third kappa shape index (κ3) is 3.08. The summed E-state index contributed by atoms with van der Waals surface area (Å²) >= 11 is 0. The van der Waals surface area contributed by atoms with Gasteiger partial charge in [-0.1, -0.05) is 35.5 Å². The van der Waals surface area contributed by atoms with E-state index in [0.29, 0.717) is 23.7 Å². The van der Waals surface area contributed by atoms with Gasteiger partial charge in [-0.2, -0.15) is 4.98 Å². The van der Waals surface area contributed by atoms with Crippen LogP contribution in [-0.2, 0) is 6.42 Å². The first-order valence-corrected chi connectivity index (χ1v) is 7.99. The van der Waals surface area contributed by atoms with E-state index >= 15 is 0 Å². The fraction of sp³-hybridized carbons (Fsp3) is 0.278. The Bertz CT molecular complexity index is 807. The summed E-state index contributed by atoms with van der Waals surface area (Å²) in [6.45, 7) is 0. The van der Waals surface area contributed by atoms with Gasteiger partial charge in [-0.05, 0) is 24.5 Å². The SMILES string of the molecule is O=C(N[C@@H](Cc1ccccc1)c1ncon1)c1ccoc1C1CC1. The van der Waals surface area contributed by atoms with Crippen molar-refractivity contribution in [2.75, 3.05) is 0 Å². The molecule has 0 spiro atoms. The van der Waals surface area contributed by atoms with Crippen molar-refractivity contribution in [3.63, 3.8) is 0 Å². The number of carbonyl (C=O) groups excluding carboxylic acids is 1. The van der Waals surface area contributed by atoms with E-state index in [4.69, 9.17) is 8.94 Å². The lowest BCUT2D eigenvalue weighted by atomic mass is 10.0. The molecule has 0 saturated heterocycles. The standard InChI is InChI=1S/C18H17N3O3/c22-18(14-8-9-23-16(14)13-6-7-13)20-15(17-19-11-24-21-17)10-12-4-2-1-3-5-12/h1-5,8-9,11,13,15H,6-7,10H2,(H,20,22)/t15-/m0/s1. The van der Waals surface area contributed by atoms with E-state index < -0.39 is 0 Å². The van der Waals surface area contributed by atoms with Crippen molar-refractivity contribution in [2.24, 2.45) is 0 Å². The molecule has 1 N–H and O–H groups in total. The number of carbonyl (C=O) groups is 1. The van der Waals surface area contributed by atoms with Crippen LogP contribution in [0.3, 0.4) is 0 Å². The molecule has 1 saturated carbocycles. The Morgan fingerprint density at radius 1 is 1.25 bits per heavy atom. The number of hydrogen-bond acceptors (Lipinski definition) is 5. The van der Waals surface area contributed by atoms with Crippen LogP contribution >= 0.6 is 0 Å². The zero-order valence-corrected chi connectivity index (χ0v) is 13.0. The Hall–Kier alpha value is -2.89. The summed E-state index contributed by atoms with van der Waals surface area (Å²) < 4.78 is 10.3. The largest absolute Gasteiger partial charge is 0.468 e. The Labute approximate surface area is 138 Å². The molecular weight excluding hydrogens is 306 g/mol. The van der Waals surface area contributed by atoms with Crippen molar-refractivity contribution < 1.29 is 13.7 Å².